The Morgan fingerprint density at radius 1 is 0.757 bits per heavy atom. The molecule has 2 heterocycles. The zero-order chi connectivity index (χ0) is 52.9. The molecule has 1 fully saturated rings. The number of hydrogen-bond acceptors (Lipinski definition) is 20. The van der Waals surface area contributed by atoms with E-state index in [0.29, 0.717) is 35.5 Å². The van der Waals surface area contributed by atoms with Crippen LogP contribution < -0.4 is 26.2 Å². The number of aryl methyl sites for hydroxylation is 1. The summed E-state index contributed by atoms with van der Waals surface area (Å²) in [5.41, 5.74) is -2.97. The number of pyridine rings is 1. The molecule has 0 spiro atoms. The molecular weight excluding hydrogens is 1050 g/mol. The van der Waals surface area contributed by atoms with Crippen LogP contribution in [0.3, 0.4) is 0 Å². The lowest BCUT2D eigenvalue weighted by atomic mass is 9.80. The van der Waals surface area contributed by atoms with E-state index in [1.807, 2.05) is 0 Å². The Morgan fingerprint density at radius 3 is 2.12 bits per heavy atom. The van der Waals surface area contributed by atoms with Crippen molar-refractivity contribution in [3.8, 4) is 22.9 Å². The zero-order valence-corrected chi connectivity index (χ0v) is 41.8. The van der Waals surface area contributed by atoms with Gasteiger partial charge in [-0.3, -0.25) is 28.0 Å². The number of carbonyl (C=O) groups excluding carboxylic acids is 2. The first-order chi connectivity index (χ1) is 35.1. The maximum atomic E-state index is 14.7. The van der Waals surface area contributed by atoms with Gasteiger partial charge in [-0.2, -0.15) is 40.2 Å². The minimum absolute atomic E-state index is 0.0118. The molecule has 0 amide bonds. The molecule has 27 heteroatoms. The molecule has 23 nitrogen and oxygen atoms in total. The number of ketones is 2. The second kappa shape index (κ2) is 20.3. The molecule has 0 aliphatic heterocycles. The monoisotopic (exact) mass is 1090 g/mol. The molecule has 2 aliphatic rings. The number of fused-ring (bicyclic) bond motifs is 2. The van der Waals surface area contributed by atoms with E-state index >= 15 is 0 Å². The van der Waals surface area contributed by atoms with Crippen LogP contribution in [0.1, 0.15) is 64.4 Å². The van der Waals surface area contributed by atoms with Crippen molar-refractivity contribution >= 4 is 93.8 Å². The van der Waals surface area contributed by atoms with Crippen molar-refractivity contribution in [1.82, 2.24) is 19.5 Å². The summed E-state index contributed by atoms with van der Waals surface area (Å²) in [6.45, 7) is 2.59. The third-order valence-corrected chi connectivity index (χ3v) is 15.6. The minimum Gasteiger partial charge on any atom is -0.424 e. The van der Waals surface area contributed by atoms with Gasteiger partial charge in [0.25, 0.3) is 35.9 Å². The highest BCUT2D eigenvalue weighted by Crippen LogP contribution is 2.45. The number of anilines is 5. The van der Waals surface area contributed by atoms with Gasteiger partial charge in [-0.05, 0) is 90.9 Å². The van der Waals surface area contributed by atoms with Gasteiger partial charge in [0.15, 0.2) is 11.6 Å². The molecule has 74 heavy (non-hydrogen) atoms. The number of hydrogen-bond donors (Lipinski definition) is 7. The van der Waals surface area contributed by atoms with Gasteiger partial charge in [-0.15, -0.1) is 4.33 Å². The second-order valence-corrected chi connectivity index (χ2v) is 22.3. The fourth-order valence-electron chi connectivity index (χ4n) is 9.12. The summed E-state index contributed by atoms with van der Waals surface area (Å²) >= 11 is 0.695. The van der Waals surface area contributed by atoms with Crippen LogP contribution in [-0.4, -0.2) is 81.8 Å². The maximum absolute atomic E-state index is 14.7. The molecule has 2 atom stereocenters. The van der Waals surface area contributed by atoms with Crippen LogP contribution in [0.4, 0.5) is 29.0 Å². The molecule has 0 bridgehead atoms. The standard InChI is InChI=1S/C47H41N7O16S4/c1-24-7-5-8-25(19-24)23-48-45-51-46(53-47(52-45)68-27-13-15-28(16-14-27)71-70-69-58)50-34-21-33(36(73(62,63)64)22-37(34)74(65,66)67)49-32-17-18-35-40-38(30-11-3-4-12-31(30)43(56)39(32)40)41(44(57)54(35)2)42(55)26-9-6-10-29(20-26)72(59,60)61/h3-4,6,9-18,20-22,24-25,49,58H,5,7-8,19,23H2,1-2H3,(H,59,60,61)(H,62,63,64)(H,65,66,67)(H2,48,50,51,52,53). The van der Waals surface area contributed by atoms with E-state index in [0.717, 1.165) is 48.4 Å². The first kappa shape index (κ1) is 51.7. The molecule has 2 aromatic heterocycles. The smallest absolute Gasteiger partial charge is 0.328 e. The molecule has 1 saturated carbocycles. The molecular formula is C47H41N7O16S4. The quantitative estimate of drug-likeness (QED) is 0.0150. The summed E-state index contributed by atoms with van der Waals surface area (Å²) in [6, 6.07) is 20.2. The largest absolute Gasteiger partial charge is 0.424 e. The summed E-state index contributed by atoms with van der Waals surface area (Å²) < 4.78 is 119. The summed E-state index contributed by atoms with van der Waals surface area (Å²) in [5, 5.41) is 20.9. The van der Waals surface area contributed by atoms with E-state index < -0.39 is 79.1 Å². The molecule has 5 aromatic carbocycles. The van der Waals surface area contributed by atoms with Crippen molar-refractivity contribution in [3.05, 3.63) is 130 Å². The van der Waals surface area contributed by atoms with Crippen LogP contribution in [0.15, 0.2) is 121 Å². The lowest BCUT2D eigenvalue weighted by molar-refractivity contribution is -0.432. The first-order valence-electron chi connectivity index (χ1n) is 22.1. The van der Waals surface area contributed by atoms with Crippen LogP contribution in [-0.2, 0) is 46.8 Å². The molecule has 0 radical (unpaired) electrons. The number of aromatic nitrogens is 4. The molecule has 9 rings (SSSR count). The van der Waals surface area contributed by atoms with Crippen LogP contribution >= 0.6 is 12.0 Å². The third-order valence-electron chi connectivity index (χ3n) is 12.4. The van der Waals surface area contributed by atoms with Crippen LogP contribution in [0.25, 0.3) is 22.0 Å². The highest BCUT2D eigenvalue weighted by molar-refractivity contribution is 7.94. The number of carbonyl (C=O) groups is 2. The average Bonchev–Trinajstić information content (AvgIpc) is 3.38. The normalized spacial score (nSPS) is 15.6. The molecule has 2 aliphatic carbocycles. The predicted octanol–water partition coefficient (Wildman–Crippen LogP) is 7.85. The fraction of sp³-hybridized carbons (Fsp3) is 0.191. The Hall–Kier alpha value is -7.18. The van der Waals surface area contributed by atoms with Gasteiger partial charge < -0.3 is 25.3 Å². The number of rotatable bonds is 17. The fourth-order valence-corrected chi connectivity index (χ4v) is 11.4. The van der Waals surface area contributed by atoms with Crippen molar-refractivity contribution in [2.45, 2.75) is 52.2 Å². The molecule has 7 aromatic rings. The van der Waals surface area contributed by atoms with Crippen molar-refractivity contribution in [2.75, 3.05) is 22.5 Å². The van der Waals surface area contributed by atoms with E-state index in [4.69, 9.17) is 9.99 Å². The lowest BCUT2D eigenvalue weighted by Gasteiger charge is -2.26. The minimum atomic E-state index is -5.40. The Bertz CT molecular complexity index is 3860. The second-order valence-electron chi connectivity index (χ2n) is 17.3. The zero-order valence-electron chi connectivity index (χ0n) is 38.5. The maximum Gasteiger partial charge on any atom is 0.328 e. The topological polar surface area (TPSA) is 342 Å². The number of nitrogens with one attached hydrogen (secondary N) is 3. The van der Waals surface area contributed by atoms with Gasteiger partial charge >= 0.3 is 6.01 Å². The highest BCUT2D eigenvalue weighted by atomic mass is 32.2. The Morgan fingerprint density at radius 2 is 1.45 bits per heavy atom. The van der Waals surface area contributed by atoms with Crippen LogP contribution in [0.2, 0.25) is 0 Å². The third kappa shape index (κ3) is 10.6. The summed E-state index contributed by atoms with van der Waals surface area (Å²) in [6.07, 6.45) is 3.97. The van der Waals surface area contributed by atoms with Gasteiger partial charge in [0, 0.05) is 40.6 Å². The van der Waals surface area contributed by atoms with Crippen molar-refractivity contribution < 1.29 is 67.9 Å². The van der Waals surface area contributed by atoms with E-state index in [1.165, 1.54) is 61.6 Å². The Kier molecular flexibility index (Phi) is 14.2. The van der Waals surface area contributed by atoms with Gasteiger partial charge in [0.1, 0.15) is 15.5 Å². The lowest BCUT2D eigenvalue weighted by Crippen LogP contribution is -2.29. The van der Waals surface area contributed by atoms with Crippen molar-refractivity contribution in [3.63, 3.8) is 0 Å². The Balaban J connectivity index is 1.18. The first-order valence-corrected chi connectivity index (χ1v) is 27.2. The predicted molar refractivity (Wildman–Crippen MR) is 267 cm³/mol. The summed E-state index contributed by atoms with van der Waals surface area (Å²) in [7, 11) is -14.2. The van der Waals surface area contributed by atoms with Gasteiger partial charge in [0.05, 0.1) is 50.6 Å². The van der Waals surface area contributed by atoms with E-state index in [2.05, 4.69) is 47.2 Å². The van der Waals surface area contributed by atoms with Crippen molar-refractivity contribution in [1.29, 1.82) is 0 Å². The van der Waals surface area contributed by atoms with Gasteiger partial charge in [-0.1, -0.05) is 61.2 Å². The van der Waals surface area contributed by atoms with Gasteiger partial charge in [0.2, 0.25) is 11.9 Å². The number of nitrogens with zero attached hydrogens (tertiary/aromatic N) is 4. The molecule has 0 saturated heterocycles. The van der Waals surface area contributed by atoms with Crippen molar-refractivity contribution in [2.24, 2.45) is 18.9 Å². The van der Waals surface area contributed by atoms with E-state index in [9.17, 15) is 53.3 Å². The SMILES string of the molecule is CC1CCCC(CNc2nc(Nc3cc(Nc4ccc5c6c4C(=O)c4ccccc4-c6c(C(=O)c4cccc(S(=O)(=O)O)c4)c(=O)n5C)c(S(=O)(=O)O)cc3S(=O)(=O)O)nc(Oc3ccc(SOOO)cc3)n2)C1. The molecule has 384 valence electrons. The van der Waals surface area contributed by atoms with Crippen LogP contribution in [0.5, 0.6) is 11.8 Å². The summed E-state index contributed by atoms with van der Waals surface area (Å²) in [5.74, 6) is -1.14. The van der Waals surface area contributed by atoms with E-state index in [-0.39, 0.29) is 74.0 Å². The Labute approximate surface area is 425 Å². The highest BCUT2D eigenvalue weighted by Gasteiger charge is 2.35. The van der Waals surface area contributed by atoms with E-state index in [1.54, 1.807) is 18.2 Å². The average molecular weight is 1090 g/mol. The number of benzene rings is 5. The number of ether oxygens (including phenoxy) is 1. The molecule has 2 unspecified atom stereocenters. The van der Waals surface area contributed by atoms with Gasteiger partial charge in [-0.25, -0.2) is 5.26 Å². The molecule has 7 N–H and O–H groups in total. The van der Waals surface area contributed by atoms with Crippen LogP contribution in [0, 0.1) is 11.8 Å². The summed E-state index contributed by atoms with van der Waals surface area (Å²) in [4.78, 5) is 54.3.